The molecule has 0 radical (unpaired) electrons. The molecule has 2 aromatic rings. The van der Waals surface area contributed by atoms with Crippen molar-refractivity contribution in [2.24, 2.45) is 5.92 Å². The Bertz CT molecular complexity index is 1130. The van der Waals surface area contributed by atoms with Gasteiger partial charge in [0.25, 0.3) is 0 Å². The molecule has 1 heterocycles. The van der Waals surface area contributed by atoms with E-state index in [4.69, 9.17) is 4.74 Å². The molecule has 1 N–H and O–H groups in total. The van der Waals surface area contributed by atoms with Crippen LogP contribution in [0, 0.1) is 11.7 Å². The minimum Gasteiger partial charge on any atom is -0.373 e. The Morgan fingerprint density at radius 3 is 2.05 bits per heavy atom. The average Bonchev–Trinajstić information content (AvgIpc) is 3.38. The number of benzene rings is 2. The standard InChI is InChI=1S/C27H29F7N2O2/c1-25(36(2)3)13-21(35-24(25)37)20-8-9-22(23(20)16-4-6-19(28)7-5-16)38-14-15-10-17(26(29,30)31)12-18(11-15)27(32,33)34/h4-7,10-12,20-23H,8-9,13-14H2,1-3H3,(H,35,37)/t20-,21?,22-,23-,25+/m0/s1. The Morgan fingerprint density at radius 1 is 0.974 bits per heavy atom. The fraction of sp³-hybridized carbons (Fsp3) is 0.519. The molecule has 0 aromatic heterocycles. The molecule has 1 amide bonds. The molecule has 0 bridgehead atoms. The third-order valence-electron chi connectivity index (χ3n) is 7.94. The molecule has 1 aliphatic heterocycles. The summed E-state index contributed by atoms with van der Waals surface area (Å²) in [4.78, 5) is 14.6. The number of amides is 1. The quantitative estimate of drug-likeness (QED) is 0.442. The van der Waals surface area contributed by atoms with E-state index in [1.807, 2.05) is 25.9 Å². The monoisotopic (exact) mass is 546 g/mol. The number of halogens is 7. The van der Waals surface area contributed by atoms with Crippen LogP contribution >= 0.6 is 0 Å². The number of rotatable bonds is 6. The van der Waals surface area contributed by atoms with Gasteiger partial charge < -0.3 is 10.1 Å². The van der Waals surface area contributed by atoms with Gasteiger partial charge in [-0.25, -0.2) is 4.39 Å². The number of likely N-dealkylation sites (N-methyl/N-ethyl adjacent to an activating group) is 1. The molecule has 5 atom stereocenters. The molecule has 1 saturated heterocycles. The zero-order valence-electron chi connectivity index (χ0n) is 21.1. The van der Waals surface area contributed by atoms with E-state index in [0.29, 0.717) is 31.4 Å². The van der Waals surface area contributed by atoms with E-state index in [2.05, 4.69) is 5.32 Å². The van der Waals surface area contributed by atoms with E-state index in [1.54, 1.807) is 12.1 Å². The molecule has 11 heteroatoms. The number of hydrogen-bond donors (Lipinski definition) is 1. The third kappa shape index (κ3) is 5.68. The van der Waals surface area contributed by atoms with Gasteiger partial charge in [-0.3, -0.25) is 9.69 Å². The molecule has 1 unspecified atom stereocenters. The Balaban J connectivity index is 1.61. The predicted molar refractivity (Wildman–Crippen MR) is 126 cm³/mol. The normalized spacial score (nSPS) is 28.2. The fourth-order valence-electron chi connectivity index (χ4n) is 5.62. The van der Waals surface area contributed by atoms with Gasteiger partial charge in [0.1, 0.15) is 5.82 Å². The maximum absolute atomic E-state index is 13.7. The Labute approximate surface area is 216 Å². The van der Waals surface area contributed by atoms with Crippen molar-refractivity contribution in [3.05, 3.63) is 70.5 Å². The SMILES string of the molecule is CN(C)[C@]1(C)CC([C@@H]2CC[C@H](OCc3cc(C(F)(F)F)cc(C(F)(F)F)c3)[C@H]2c2ccc(F)cc2)NC1=O. The van der Waals surface area contributed by atoms with E-state index in [-0.39, 0.29) is 35.4 Å². The number of carbonyl (C=O) groups excluding carboxylic acids is 1. The van der Waals surface area contributed by atoms with Crippen LogP contribution in [0.15, 0.2) is 42.5 Å². The van der Waals surface area contributed by atoms with Gasteiger partial charge in [0, 0.05) is 12.0 Å². The van der Waals surface area contributed by atoms with Crippen LogP contribution in [0.2, 0.25) is 0 Å². The molecular formula is C27H29F7N2O2. The van der Waals surface area contributed by atoms with Crippen LogP contribution in [0.3, 0.4) is 0 Å². The molecule has 4 nitrogen and oxygen atoms in total. The zero-order chi connectivity index (χ0) is 28.0. The summed E-state index contributed by atoms with van der Waals surface area (Å²) < 4.78 is 99.4. The molecule has 2 aromatic carbocycles. The van der Waals surface area contributed by atoms with Gasteiger partial charge in [-0.2, -0.15) is 26.3 Å². The van der Waals surface area contributed by atoms with Crippen molar-refractivity contribution in [1.82, 2.24) is 10.2 Å². The van der Waals surface area contributed by atoms with Gasteiger partial charge in [0.2, 0.25) is 5.91 Å². The number of ether oxygens (including phenoxy) is 1. The minimum atomic E-state index is -4.95. The lowest BCUT2D eigenvalue weighted by atomic mass is 9.80. The van der Waals surface area contributed by atoms with Gasteiger partial charge >= 0.3 is 12.4 Å². The molecule has 0 spiro atoms. The summed E-state index contributed by atoms with van der Waals surface area (Å²) in [6.07, 6.45) is -8.87. The fourth-order valence-corrected chi connectivity index (χ4v) is 5.62. The second-order valence-electron chi connectivity index (χ2n) is 10.5. The van der Waals surface area contributed by atoms with Crippen LogP contribution in [0.4, 0.5) is 30.7 Å². The van der Waals surface area contributed by atoms with Crippen molar-refractivity contribution >= 4 is 5.91 Å². The number of alkyl halides is 6. The van der Waals surface area contributed by atoms with Crippen LogP contribution in [0.5, 0.6) is 0 Å². The second kappa shape index (κ2) is 10.1. The molecule has 4 rings (SSSR count). The van der Waals surface area contributed by atoms with Crippen LogP contribution in [-0.2, 0) is 28.5 Å². The van der Waals surface area contributed by atoms with E-state index in [0.717, 1.165) is 5.56 Å². The van der Waals surface area contributed by atoms with E-state index >= 15 is 0 Å². The van der Waals surface area contributed by atoms with E-state index in [1.165, 1.54) is 12.1 Å². The van der Waals surface area contributed by atoms with Crippen LogP contribution < -0.4 is 5.32 Å². The first-order valence-corrected chi connectivity index (χ1v) is 12.2. The summed E-state index contributed by atoms with van der Waals surface area (Å²) in [6, 6.07) is 6.96. The van der Waals surface area contributed by atoms with Crippen LogP contribution in [-0.4, -0.2) is 42.6 Å². The van der Waals surface area contributed by atoms with Crippen LogP contribution in [0.25, 0.3) is 0 Å². The number of nitrogens with zero attached hydrogens (tertiary/aromatic N) is 1. The number of carbonyl (C=O) groups is 1. The molecule has 1 aliphatic carbocycles. The molecule has 1 saturated carbocycles. The Morgan fingerprint density at radius 2 is 1.55 bits per heavy atom. The Kier molecular flexibility index (Phi) is 7.57. The summed E-state index contributed by atoms with van der Waals surface area (Å²) in [5.41, 5.74) is -3.05. The highest BCUT2D eigenvalue weighted by Crippen LogP contribution is 2.47. The molecule has 38 heavy (non-hydrogen) atoms. The third-order valence-corrected chi connectivity index (χ3v) is 7.94. The lowest BCUT2D eigenvalue weighted by Gasteiger charge is -2.32. The van der Waals surface area contributed by atoms with Crippen molar-refractivity contribution in [3.63, 3.8) is 0 Å². The van der Waals surface area contributed by atoms with Gasteiger partial charge in [0.05, 0.1) is 29.4 Å². The first-order valence-electron chi connectivity index (χ1n) is 12.2. The Hall–Kier alpha value is -2.66. The highest BCUT2D eigenvalue weighted by molar-refractivity contribution is 5.88. The van der Waals surface area contributed by atoms with Crippen molar-refractivity contribution in [3.8, 4) is 0 Å². The number of hydrogen-bond acceptors (Lipinski definition) is 3. The smallest absolute Gasteiger partial charge is 0.373 e. The minimum absolute atomic E-state index is 0.0843. The maximum atomic E-state index is 13.7. The van der Waals surface area contributed by atoms with Crippen molar-refractivity contribution < 1.29 is 40.3 Å². The van der Waals surface area contributed by atoms with Crippen LogP contribution in [0.1, 0.15) is 54.4 Å². The zero-order valence-corrected chi connectivity index (χ0v) is 21.1. The largest absolute Gasteiger partial charge is 0.416 e. The van der Waals surface area contributed by atoms with Crippen molar-refractivity contribution in [2.75, 3.05) is 14.1 Å². The van der Waals surface area contributed by atoms with Gasteiger partial charge in [-0.15, -0.1) is 0 Å². The summed E-state index contributed by atoms with van der Waals surface area (Å²) >= 11 is 0. The topological polar surface area (TPSA) is 41.6 Å². The molecular weight excluding hydrogens is 517 g/mol. The molecule has 2 aliphatic rings. The first kappa shape index (κ1) is 28.4. The van der Waals surface area contributed by atoms with Gasteiger partial charge in [-0.05, 0) is 87.7 Å². The summed E-state index contributed by atoms with van der Waals surface area (Å²) in [5.74, 6) is -1.04. The van der Waals surface area contributed by atoms with Gasteiger partial charge in [0.15, 0.2) is 0 Å². The summed E-state index contributed by atoms with van der Waals surface area (Å²) in [5, 5.41) is 3.06. The molecule has 2 fully saturated rings. The summed E-state index contributed by atoms with van der Waals surface area (Å²) in [6.45, 7) is 1.37. The highest BCUT2D eigenvalue weighted by atomic mass is 19.4. The predicted octanol–water partition coefficient (Wildman–Crippen LogP) is 6.15. The lowest BCUT2D eigenvalue weighted by molar-refractivity contribution is -0.143. The van der Waals surface area contributed by atoms with E-state index in [9.17, 15) is 35.5 Å². The average molecular weight is 547 g/mol. The van der Waals surface area contributed by atoms with E-state index < -0.39 is 47.5 Å². The lowest BCUT2D eigenvalue weighted by Crippen LogP contribution is -2.47. The van der Waals surface area contributed by atoms with Crippen molar-refractivity contribution in [1.29, 1.82) is 0 Å². The van der Waals surface area contributed by atoms with Gasteiger partial charge in [-0.1, -0.05) is 12.1 Å². The first-order chi connectivity index (χ1) is 17.6. The maximum Gasteiger partial charge on any atom is 0.416 e. The van der Waals surface area contributed by atoms with Crippen molar-refractivity contribution in [2.45, 2.75) is 68.7 Å². The second-order valence-corrected chi connectivity index (χ2v) is 10.5. The number of nitrogens with one attached hydrogen (secondary N) is 1. The summed E-state index contributed by atoms with van der Waals surface area (Å²) in [7, 11) is 3.62. The molecule has 208 valence electrons. The highest BCUT2D eigenvalue weighted by Gasteiger charge is 2.51.